The summed E-state index contributed by atoms with van der Waals surface area (Å²) >= 11 is 6.38. The molecule has 0 radical (unpaired) electrons. The smallest absolute Gasteiger partial charge is 0.180 e. The minimum Gasteiger partial charge on any atom is -0.493 e. The molecule has 2 rings (SSSR count). The van der Waals surface area contributed by atoms with E-state index in [0.717, 1.165) is 11.3 Å². The number of aryl methyl sites for hydroxylation is 1. The highest BCUT2D eigenvalue weighted by Gasteiger charge is 2.17. The summed E-state index contributed by atoms with van der Waals surface area (Å²) in [5, 5.41) is 0.392. The van der Waals surface area contributed by atoms with Crippen LogP contribution in [0.4, 0.5) is 5.82 Å². The summed E-state index contributed by atoms with van der Waals surface area (Å²) in [7, 11) is 3.08. The largest absolute Gasteiger partial charge is 0.493 e. The second-order valence-corrected chi connectivity index (χ2v) is 4.79. The van der Waals surface area contributed by atoms with Gasteiger partial charge in [-0.15, -0.1) is 0 Å². The van der Waals surface area contributed by atoms with Crippen molar-refractivity contribution in [3.63, 3.8) is 0 Å². The van der Waals surface area contributed by atoms with Crippen molar-refractivity contribution in [2.45, 2.75) is 13.8 Å². The zero-order valence-electron chi connectivity index (χ0n) is 12.3. The van der Waals surface area contributed by atoms with Crippen molar-refractivity contribution >= 4 is 17.4 Å². The third-order valence-corrected chi connectivity index (χ3v) is 3.63. The maximum atomic E-state index is 6.38. The number of nitrogens with one attached hydrogen (secondary N) is 1. The number of ether oxygens (including phenoxy) is 2. The van der Waals surface area contributed by atoms with Gasteiger partial charge in [-0.2, -0.15) is 0 Å². The highest BCUT2D eigenvalue weighted by Crippen LogP contribution is 2.41. The number of rotatable bonds is 4. The van der Waals surface area contributed by atoms with E-state index in [1.54, 1.807) is 19.2 Å². The first-order valence-electron chi connectivity index (χ1n) is 6.26. The summed E-state index contributed by atoms with van der Waals surface area (Å²) in [5.41, 5.74) is 4.92. The van der Waals surface area contributed by atoms with Crippen molar-refractivity contribution in [3.05, 3.63) is 28.4 Å². The molecule has 0 spiro atoms. The number of nitrogens with zero attached hydrogens (tertiary/aromatic N) is 2. The van der Waals surface area contributed by atoms with Crippen molar-refractivity contribution < 1.29 is 9.47 Å². The normalized spacial score (nSPS) is 10.4. The van der Waals surface area contributed by atoms with Gasteiger partial charge in [0, 0.05) is 16.8 Å². The van der Waals surface area contributed by atoms with Crippen molar-refractivity contribution in [2.75, 3.05) is 19.6 Å². The van der Waals surface area contributed by atoms with Crippen LogP contribution in [0.3, 0.4) is 0 Å². The molecule has 0 aliphatic carbocycles. The molecular formula is C14H17ClN4O2. The monoisotopic (exact) mass is 308 g/mol. The number of nitrogens with two attached hydrogens (primary N) is 1. The first-order chi connectivity index (χ1) is 10.0. The van der Waals surface area contributed by atoms with E-state index in [0.29, 0.717) is 33.7 Å². The van der Waals surface area contributed by atoms with Gasteiger partial charge in [-0.05, 0) is 26.0 Å². The Hall–Kier alpha value is -2.05. The summed E-state index contributed by atoms with van der Waals surface area (Å²) < 4.78 is 10.5. The Morgan fingerprint density at radius 1 is 1.14 bits per heavy atom. The van der Waals surface area contributed by atoms with Gasteiger partial charge < -0.3 is 14.9 Å². The molecular weight excluding hydrogens is 292 g/mol. The Balaban J connectivity index is 2.65. The molecule has 0 saturated carbocycles. The molecule has 2 aromatic rings. The van der Waals surface area contributed by atoms with E-state index in [2.05, 4.69) is 15.4 Å². The average Bonchev–Trinajstić information content (AvgIpc) is 2.49. The van der Waals surface area contributed by atoms with Crippen LogP contribution < -0.4 is 20.7 Å². The number of anilines is 1. The lowest BCUT2D eigenvalue weighted by atomic mass is 10.1. The van der Waals surface area contributed by atoms with E-state index in [1.165, 1.54) is 7.11 Å². The van der Waals surface area contributed by atoms with Crippen LogP contribution in [0.25, 0.3) is 11.4 Å². The molecule has 0 bridgehead atoms. The summed E-state index contributed by atoms with van der Waals surface area (Å²) in [6.07, 6.45) is 0. The predicted molar refractivity (Wildman–Crippen MR) is 82.9 cm³/mol. The van der Waals surface area contributed by atoms with Crippen LogP contribution >= 0.6 is 11.6 Å². The first kappa shape index (κ1) is 15.3. The van der Waals surface area contributed by atoms with Crippen LogP contribution in [0.2, 0.25) is 5.02 Å². The van der Waals surface area contributed by atoms with Crippen LogP contribution in [-0.2, 0) is 0 Å². The maximum Gasteiger partial charge on any atom is 0.180 e. The second-order valence-electron chi connectivity index (χ2n) is 4.41. The summed E-state index contributed by atoms with van der Waals surface area (Å²) in [6, 6.07) is 3.54. The molecule has 21 heavy (non-hydrogen) atoms. The van der Waals surface area contributed by atoms with E-state index in [4.69, 9.17) is 26.9 Å². The summed E-state index contributed by atoms with van der Waals surface area (Å²) in [6.45, 7) is 3.78. The van der Waals surface area contributed by atoms with Crippen molar-refractivity contribution in [1.29, 1.82) is 0 Å². The van der Waals surface area contributed by atoms with E-state index in [1.807, 2.05) is 13.8 Å². The number of hydrogen-bond donors (Lipinski definition) is 2. The molecule has 0 atom stereocenters. The molecule has 1 aromatic heterocycles. The van der Waals surface area contributed by atoms with Gasteiger partial charge >= 0.3 is 0 Å². The van der Waals surface area contributed by atoms with E-state index in [-0.39, 0.29) is 0 Å². The highest BCUT2D eigenvalue weighted by molar-refractivity contribution is 6.35. The molecule has 6 nitrogen and oxygen atoms in total. The van der Waals surface area contributed by atoms with Gasteiger partial charge in [-0.3, -0.25) is 0 Å². The second kappa shape index (κ2) is 6.15. The van der Waals surface area contributed by atoms with Gasteiger partial charge in [0.1, 0.15) is 5.82 Å². The third kappa shape index (κ3) is 2.72. The lowest BCUT2D eigenvalue weighted by Gasteiger charge is -2.14. The molecule has 7 heteroatoms. The molecule has 0 fully saturated rings. The maximum absolute atomic E-state index is 6.38. The highest BCUT2D eigenvalue weighted by atomic mass is 35.5. The molecule has 112 valence electrons. The van der Waals surface area contributed by atoms with Crippen molar-refractivity contribution in [3.8, 4) is 22.9 Å². The minimum absolute atomic E-state index is 0.392. The SMILES string of the molecule is COc1ccc(-c2nc(C)c(C)c(NN)n2)c(Cl)c1OC. The zero-order valence-corrected chi connectivity index (χ0v) is 13.1. The number of aromatic nitrogens is 2. The number of methoxy groups -OCH3 is 2. The number of nitrogen functional groups attached to an aromatic ring is 1. The number of benzene rings is 1. The summed E-state index contributed by atoms with van der Waals surface area (Å²) in [5.74, 6) is 7.51. The van der Waals surface area contributed by atoms with E-state index < -0.39 is 0 Å². The van der Waals surface area contributed by atoms with Crippen LogP contribution in [0.5, 0.6) is 11.5 Å². The fraction of sp³-hybridized carbons (Fsp3) is 0.286. The quantitative estimate of drug-likeness (QED) is 0.667. The third-order valence-electron chi connectivity index (χ3n) is 3.25. The van der Waals surface area contributed by atoms with Gasteiger partial charge in [-0.25, -0.2) is 15.8 Å². The van der Waals surface area contributed by atoms with Crippen LogP contribution in [0.15, 0.2) is 12.1 Å². The van der Waals surface area contributed by atoms with Crippen LogP contribution in [-0.4, -0.2) is 24.2 Å². The first-order valence-corrected chi connectivity index (χ1v) is 6.64. The molecule has 0 aliphatic heterocycles. The van der Waals surface area contributed by atoms with Gasteiger partial charge in [0.2, 0.25) is 0 Å². The van der Waals surface area contributed by atoms with E-state index >= 15 is 0 Å². The summed E-state index contributed by atoms with van der Waals surface area (Å²) in [4.78, 5) is 8.84. The Morgan fingerprint density at radius 2 is 1.86 bits per heavy atom. The van der Waals surface area contributed by atoms with Gasteiger partial charge in [0.15, 0.2) is 17.3 Å². The van der Waals surface area contributed by atoms with Crippen molar-refractivity contribution in [2.24, 2.45) is 5.84 Å². The number of hydrogen-bond acceptors (Lipinski definition) is 6. The lowest BCUT2D eigenvalue weighted by molar-refractivity contribution is 0.355. The number of halogens is 1. The van der Waals surface area contributed by atoms with Crippen molar-refractivity contribution in [1.82, 2.24) is 9.97 Å². The standard InChI is InChI=1S/C14H17ClN4O2/c1-7-8(2)17-14(18-13(7)19-16)9-5-6-10(20-3)12(21-4)11(9)15/h5-6H,16H2,1-4H3,(H,17,18,19). The predicted octanol–water partition coefficient (Wildman–Crippen LogP) is 2.72. The van der Waals surface area contributed by atoms with Gasteiger partial charge in [0.05, 0.1) is 19.2 Å². The van der Waals surface area contributed by atoms with Gasteiger partial charge in [-0.1, -0.05) is 11.6 Å². The molecule has 3 N–H and O–H groups in total. The Kier molecular flexibility index (Phi) is 4.50. The molecule has 0 saturated heterocycles. The van der Waals surface area contributed by atoms with E-state index in [9.17, 15) is 0 Å². The lowest BCUT2D eigenvalue weighted by Crippen LogP contribution is -2.12. The van der Waals surface area contributed by atoms with Gasteiger partial charge in [0.25, 0.3) is 0 Å². The Bertz CT molecular complexity index is 677. The fourth-order valence-corrected chi connectivity index (χ4v) is 2.27. The average molecular weight is 309 g/mol. The topological polar surface area (TPSA) is 82.3 Å². The molecule has 0 aliphatic rings. The molecule has 1 heterocycles. The minimum atomic E-state index is 0.392. The zero-order chi connectivity index (χ0) is 15.6. The van der Waals surface area contributed by atoms with Crippen LogP contribution in [0.1, 0.15) is 11.3 Å². The number of hydrazine groups is 1. The van der Waals surface area contributed by atoms with Crippen LogP contribution in [0, 0.1) is 13.8 Å². The Morgan fingerprint density at radius 3 is 2.43 bits per heavy atom. The molecule has 1 aromatic carbocycles. The Labute approximate surface area is 128 Å². The fourth-order valence-electron chi connectivity index (χ4n) is 1.95. The molecule has 0 amide bonds. The molecule has 0 unspecified atom stereocenters.